The van der Waals surface area contributed by atoms with E-state index in [1.807, 2.05) is 6.92 Å². The monoisotopic (exact) mass is 414 g/mol. The van der Waals surface area contributed by atoms with E-state index in [4.69, 9.17) is 16.3 Å². The van der Waals surface area contributed by atoms with Crippen LogP contribution >= 0.6 is 11.6 Å². The number of amides is 1. The van der Waals surface area contributed by atoms with Crippen LogP contribution in [0.2, 0.25) is 5.02 Å². The predicted molar refractivity (Wildman–Crippen MR) is 105 cm³/mol. The van der Waals surface area contributed by atoms with Gasteiger partial charge in [0.25, 0.3) is 0 Å². The van der Waals surface area contributed by atoms with Crippen LogP contribution in [0.1, 0.15) is 45.4 Å². The van der Waals surface area contributed by atoms with Crippen molar-refractivity contribution < 1.29 is 17.9 Å². The van der Waals surface area contributed by atoms with Gasteiger partial charge in [0.2, 0.25) is 15.9 Å². The molecule has 1 aliphatic carbocycles. The Hall–Kier alpha value is -1.31. The fraction of sp³-hybridized carbons (Fsp3) is 0.632. The highest BCUT2D eigenvalue weighted by atomic mass is 35.5. The van der Waals surface area contributed by atoms with Gasteiger partial charge in [-0.1, -0.05) is 24.4 Å². The van der Waals surface area contributed by atoms with Gasteiger partial charge in [0.15, 0.2) is 0 Å². The smallest absolute Gasteiger partial charge is 0.243 e. The molecule has 1 atom stereocenters. The summed E-state index contributed by atoms with van der Waals surface area (Å²) in [5.74, 6) is 0.143. The molecule has 1 aromatic rings. The van der Waals surface area contributed by atoms with Gasteiger partial charge in [0.1, 0.15) is 5.75 Å². The molecule has 150 valence electrons. The quantitative estimate of drug-likeness (QED) is 0.775. The fourth-order valence-corrected chi connectivity index (χ4v) is 5.68. The Labute approximate surface area is 166 Å². The standard InChI is InChI=1S/C19H27ClN2O4S/c1-2-26-18-10-9-16(12-17(18)20)27(24,25)22-11-5-6-14(13-22)19(23)21-15-7-3-4-8-15/h9-10,12,14-15H,2-8,11,13H2,1H3,(H,21,23)/t14-/m1/s1. The normalized spacial score (nSPS) is 21.9. The Morgan fingerprint density at radius 2 is 2.00 bits per heavy atom. The highest BCUT2D eigenvalue weighted by Gasteiger charge is 2.34. The molecule has 0 bridgehead atoms. The van der Waals surface area contributed by atoms with Crippen LogP contribution in [0.5, 0.6) is 5.75 Å². The molecule has 8 heteroatoms. The minimum absolute atomic E-state index is 0.0217. The molecule has 27 heavy (non-hydrogen) atoms. The number of carbonyl (C=O) groups is 1. The van der Waals surface area contributed by atoms with E-state index >= 15 is 0 Å². The van der Waals surface area contributed by atoms with Crippen molar-refractivity contribution in [2.45, 2.75) is 56.4 Å². The largest absolute Gasteiger partial charge is 0.492 e. The molecule has 0 spiro atoms. The molecule has 1 saturated heterocycles. The first-order chi connectivity index (χ1) is 12.9. The van der Waals surface area contributed by atoms with E-state index in [0.717, 1.165) is 25.7 Å². The second-order valence-electron chi connectivity index (χ2n) is 7.22. The first-order valence-corrected chi connectivity index (χ1v) is 11.5. The first kappa shape index (κ1) is 20.4. The number of hydrogen-bond donors (Lipinski definition) is 1. The van der Waals surface area contributed by atoms with E-state index in [9.17, 15) is 13.2 Å². The summed E-state index contributed by atoms with van der Waals surface area (Å²) in [6.07, 6.45) is 5.72. The van der Waals surface area contributed by atoms with E-state index in [0.29, 0.717) is 31.7 Å². The topological polar surface area (TPSA) is 75.7 Å². The van der Waals surface area contributed by atoms with Gasteiger partial charge in [-0.2, -0.15) is 4.31 Å². The molecule has 2 fully saturated rings. The Morgan fingerprint density at radius 3 is 2.67 bits per heavy atom. The van der Waals surface area contributed by atoms with Crippen molar-refractivity contribution in [3.63, 3.8) is 0 Å². The van der Waals surface area contributed by atoms with Gasteiger partial charge >= 0.3 is 0 Å². The van der Waals surface area contributed by atoms with Crippen molar-refractivity contribution in [1.82, 2.24) is 9.62 Å². The molecule has 1 saturated carbocycles. The molecular formula is C19H27ClN2O4S. The lowest BCUT2D eigenvalue weighted by Crippen LogP contribution is -2.47. The number of nitrogens with one attached hydrogen (secondary N) is 1. The second-order valence-corrected chi connectivity index (χ2v) is 9.56. The number of piperidine rings is 1. The van der Waals surface area contributed by atoms with Gasteiger partial charge in [-0.3, -0.25) is 4.79 Å². The molecule has 6 nitrogen and oxygen atoms in total. The maximum Gasteiger partial charge on any atom is 0.243 e. The summed E-state index contributed by atoms with van der Waals surface area (Å²) in [6.45, 7) is 2.92. The Bertz CT molecular complexity index is 778. The highest BCUT2D eigenvalue weighted by molar-refractivity contribution is 7.89. The number of ether oxygens (including phenoxy) is 1. The lowest BCUT2D eigenvalue weighted by atomic mass is 9.98. The average molecular weight is 415 g/mol. The minimum atomic E-state index is -3.70. The third-order valence-corrected chi connectivity index (χ3v) is 7.45. The zero-order valence-electron chi connectivity index (χ0n) is 15.6. The lowest BCUT2D eigenvalue weighted by molar-refractivity contribution is -0.126. The summed E-state index contributed by atoms with van der Waals surface area (Å²) in [4.78, 5) is 12.7. The summed E-state index contributed by atoms with van der Waals surface area (Å²) in [7, 11) is -3.70. The maximum atomic E-state index is 13.0. The van der Waals surface area contributed by atoms with Crippen LogP contribution in [-0.4, -0.2) is 44.4 Å². The predicted octanol–water partition coefficient (Wildman–Crippen LogP) is 3.20. The summed E-state index contributed by atoms with van der Waals surface area (Å²) in [5.41, 5.74) is 0. The van der Waals surface area contributed by atoms with E-state index in [2.05, 4.69) is 5.32 Å². The SMILES string of the molecule is CCOc1ccc(S(=O)(=O)N2CCC[C@@H](C(=O)NC3CCCC3)C2)cc1Cl. The van der Waals surface area contributed by atoms with Gasteiger partial charge in [-0.25, -0.2) is 8.42 Å². The van der Waals surface area contributed by atoms with Gasteiger partial charge in [-0.15, -0.1) is 0 Å². The van der Waals surface area contributed by atoms with Crippen LogP contribution < -0.4 is 10.1 Å². The van der Waals surface area contributed by atoms with Crippen LogP contribution in [0.4, 0.5) is 0 Å². The van der Waals surface area contributed by atoms with Crippen molar-refractivity contribution in [3.8, 4) is 5.75 Å². The van der Waals surface area contributed by atoms with Crippen LogP contribution in [0.15, 0.2) is 23.1 Å². The second kappa shape index (κ2) is 8.80. The van der Waals surface area contributed by atoms with Gasteiger partial charge in [0.05, 0.1) is 22.4 Å². The summed E-state index contributed by atoms with van der Waals surface area (Å²) < 4.78 is 32.8. The Kier molecular flexibility index (Phi) is 6.65. The zero-order valence-corrected chi connectivity index (χ0v) is 17.2. The van der Waals surface area contributed by atoms with Crippen molar-refractivity contribution in [2.24, 2.45) is 5.92 Å². The lowest BCUT2D eigenvalue weighted by Gasteiger charge is -2.32. The van der Waals surface area contributed by atoms with E-state index in [1.165, 1.54) is 16.4 Å². The third-order valence-electron chi connectivity index (χ3n) is 5.30. The van der Waals surface area contributed by atoms with Crippen LogP contribution in [0, 0.1) is 5.92 Å². The maximum absolute atomic E-state index is 13.0. The molecule has 1 N–H and O–H groups in total. The summed E-state index contributed by atoms with van der Waals surface area (Å²) >= 11 is 6.16. The van der Waals surface area contributed by atoms with Crippen LogP contribution in [0.25, 0.3) is 0 Å². The molecule has 0 aromatic heterocycles. The molecule has 1 aromatic carbocycles. The third kappa shape index (κ3) is 4.76. The molecule has 3 rings (SSSR count). The molecule has 1 aliphatic heterocycles. The summed E-state index contributed by atoms with van der Waals surface area (Å²) in [5, 5.41) is 3.36. The fourth-order valence-electron chi connectivity index (χ4n) is 3.83. The number of halogens is 1. The molecule has 0 unspecified atom stereocenters. The average Bonchev–Trinajstić information content (AvgIpc) is 3.16. The number of rotatable bonds is 6. The first-order valence-electron chi connectivity index (χ1n) is 9.64. The number of carbonyl (C=O) groups excluding carboxylic acids is 1. The molecular weight excluding hydrogens is 388 g/mol. The van der Waals surface area contributed by atoms with Crippen LogP contribution in [-0.2, 0) is 14.8 Å². The van der Waals surface area contributed by atoms with Gasteiger partial charge in [-0.05, 0) is 50.8 Å². The Morgan fingerprint density at radius 1 is 1.26 bits per heavy atom. The van der Waals surface area contributed by atoms with Crippen molar-refractivity contribution in [2.75, 3.05) is 19.7 Å². The molecule has 2 aliphatic rings. The number of sulfonamides is 1. The molecule has 1 amide bonds. The zero-order chi connectivity index (χ0) is 19.4. The van der Waals surface area contributed by atoms with Crippen LogP contribution in [0.3, 0.4) is 0 Å². The van der Waals surface area contributed by atoms with Crippen molar-refractivity contribution in [3.05, 3.63) is 23.2 Å². The van der Waals surface area contributed by atoms with E-state index in [1.54, 1.807) is 6.07 Å². The van der Waals surface area contributed by atoms with Crippen molar-refractivity contribution >= 4 is 27.5 Å². The molecule has 0 radical (unpaired) electrons. The highest BCUT2D eigenvalue weighted by Crippen LogP contribution is 2.30. The minimum Gasteiger partial charge on any atom is -0.492 e. The summed E-state index contributed by atoms with van der Waals surface area (Å²) in [6, 6.07) is 4.75. The number of hydrogen-bond acceptors (Lipinski definition) is 4. The number of benzene rings is 1. The van der Waals surface area contributed by atoms with Gasteiger partial charge < -0.3 is 10.1 Å². The van der Waals surface area contributed by atoms with E-state index < -0.39 is 10.0 Å². The Balaban J connectivity index is 1.70. The van der Waals surface area contributed by atoms with E-state index in [-0.39, 0.29) is 34.3 Å². The van der Waals surface area contributed by atoms with Crippen molar-refractivity contribution in [1.29, 1.82) is 0 Å². The van der Waals surface area contributed by atoms with Gasteiger partial charge in [0, 0.05) is 19.1 Å². The molecule has 1 heterocycles. The number of nitrogens with zero attached hydrogens (tertiary/aromatic N) is 1.